The smallest absolute Gasteiger partial charge is 0.358 e. The molecule has 5 nitrogen and oxygen atoms in total. The molecule has 0 amide bonds. The molecule has 0 saturated heterocycles. The number of carbonyl (C=O) groups excluding carboxylic acids is 1. The van der Waals surface area contributed by atoms with Crippen molar-refractivity contribution in [2.45, 2.75) is 37.9 Å². The van der Waals surface area contributed by atoms with Crippen LogP contribution in [0.25, 0.3) is 0 Å². The van der Waals surface area contributed by atoms with Crippen LogP contribution in [-0.2, 0) is 9.47 Å². The first-order chi connectivity index (χ1) is 8.69. The number of aromatic nitrogens is 2. The number of rotatable bonds is 3. The summed E-state index contributed by atoms with van der Waals surface area (Å²) in [6, 6.07) is 0. The number of esters is 1. The van der Waals surface area contributed by atoms with Gasteiger partial charge in [-0.2, -0.15) is 0 Å². The van der Waals surface area contributed by atoms with Crippen molar-refractivity contribution >= 4 is 17.6 Å². The van der Waals surface area contributed by atoms with Gasteiger partial charge < -0.3 is 9.47 Å². The summed E-state index contributed by atoms with van der Waals surface area (Å²) in [7, 11) is 1.68. The van der Waals surface area contributed by atoms with E-state index in [-0.39, 0.29) is 23.1 Å². The van der Waals surface area contributed by atoms with E-state index in [1.165, 1.54) is 12.4 Å². The summed E-state index contributed by atoms with van der Waals surface area (Å²) < 4.78 is 10.7. The highest BCUT2D eigenvalue weighted by molar-refractivity contribution is 6.29. The molecule has 2 unspecified atom stereocenters. The lowest BCUT2D eigenvalue weighted by molar-refractivity contribution is -0.0153. The average molecular weight is 271 g/mol. The fraction of sp³-hybridized carbons (Fsp3) is 0.583. The van der Waals surface area contributed by atoms with Gasteiger partial charge in [0.1, 0.15) is 11.3 Å². The summed E-state index contributed by atoms with van der Waals surface area (Å²) in [5.41, 5.74) is 0.180. The Morgan fingerprint density at radius 2 is 2.11 bits per heavy atom. The van der Waals surface area contributed by atoms with Crippen molar-refractivity contribution in [3.8, 4) is 0 Å². The fourth-order valence-electron chi connectivity index (χ4n) is 2.05. The Bertz CT molecular complexity index is 410. The molecule has 18 heavy (non-hydrogen) atoms. The van der Waals surface area contributed by atoms with Crippen LogP contribution in [0.15, 0.2) is 12.4 Å². The molecule has 98 valence electrons. The highest BCUT2D eigenvalue weighted by Gasteiger charge is 2.25. The van der Waals surface area contributed by atoms with Gasteiger partial charge in [-0.05, 0) is 19.3 Å². The van der Waals surface area contributed by atoms with Gasteiger partial charge in [-0.3, -0.25) is 0 Å². The topological polar surface area (TPSA) is 61.3 Å². The monoisotopic (exact) mass is 270 g/mol. The molecule has 1 saturated carbocycles. The standard InChI is InChI=1S/C12H15ClN2O3/c1-17-8-3-2-4-9(5-8)18-12(16)10-6-15-11(13)7-14-10/h6-9H,2-5H2,1H3. The normalized spacial score (nSPS) is 23.7. The molecular formula is C12H15ClN2O3. The minimum atomic E-state index is -0.457. The second kappa shape index (κ2) is 6.11. The predicted molar refractivity (Wildman–Crippen MR) is 65.5 cm³/mol. The van der Waals surface area contributed by atoms with E-state index in [2.05, 4.69) is 9.97 Å². The molecule has 1 heterocycles. The molecule has 0 N–H and O–H groups in total. The van der Waals surface area contributed by atoms with E-state index < -0.39 is 5.97 Å². The van der Waals surface area contributed by atoms with E-state index in [9.17, 15) is 4.79 Å². The molecule has 0 aromatic carbocycles. The predicted octanol–water partition coefficient (Wildman–Crippen LogP) is 2.24. The Morgan fingerprint density at radius 1 is 1.33 bits per heavy atom. The van der Waals surface area contributed by atoms with Gasteiger partial charge in [-0.15, -0.1) is 0 Å². The Kier molecular flexibility index (Phi) is 4.49. The maximum Gasteiger partial charge on any atom is 0.358 e. The van der Waals surface area contributed by atoms with Gasteiger partial charge in [-0.25, -0.2) is 14.8 Å². The molecule has 6 heteroatoms. The molecule has 0 radical (unpaired) electrons. The molecule has 1 fully saturated rings. The van der Waals surface area contributed by atoms with Crippen molar-refractivity contribution in [1.29, 1.82) is 0 Å². The third kappa shape index (κ3) is 3.40. The largest absolute Gasteiger partial charge is 0.458 e. The third-order valence-corrected chi connectivity index (χ3v) is 3.21. The molecule has 0 aliphatic heterocycles. The van der Waals surface area contributed by atoms with Crippen LogP contribution in [0.1, 0.15) is 36.2 Å². The van der Waals surface area contributed by atoms with Crippen LogP contribution < -0.4 is 0 Å². The SMILES string of the molecule is COC1CCCC(OC(=O)c2cnc(Cl)cn2)C1. The van der Waals surface area contributed by atoms with E-state index in [1.807, 2.05) is 0 Å². The Hall–Kier alpha value is -1.20. The van der Waals surface area contributed by atoms with Crippen molar-refractivity contribution in [2.24, 2.45) is 0 Å². The van der Waals surface area contributed by atoms with Crippen LogP contribution in [0.4, 0.5) is 0 Å². The zero-order valence-electron chi connectivity index (χ0n) is 10.1. The van der Waals surface area contributed by atoms with Gasteiger partial charge >= 0.3 is 5.97 Å². The average Bonchev–Trinajstić information content (AvgIpc) is 2.39. The lowest BCUT2D eigenvalue weighted by Crippen LogP contribution is -2.29. The molecule has 0 bridgehead atoms. The van der Waals surface area contributed by atoms with Gasteiger partial charge in [-0.1, -0.05) is 11.6 Å². The minimum Gasteiger partial charge on any atom is -0.458 e. The summed E-state index contributed by atoms with van der Waals surface area (Å²) in [6.45, 7) is 0. The highest BCUT2D eigenvalue weighted by Crippen LogP contribution is 2.23. The van der Waals surface area contributed by atoms with Gasteiger partial charge in [0.25, 0.3) is 0 Å². The van der Waals surface area contributed by atoms with E-state index in [0.29, 0.717) is 0 Å². The molecular weight excluding hydrogens is 256 g/mol. The minimum absolute atomic E-state index is 0.103. The summed E-state index contributed by atoms with van der Waals surface area (Å²) in [4.78, 5) is 19.5. The molecule has 2 rings (SSSR count). The fourth-order valence-corrected chi connectivity index (χ4v) is 2.15. The number of nitrogens with zero attached hydrogens (tertiary/aromatic N) is 2. The first-order valence-electron chi connectivity index (χ1n) is 5.90. The second-order valence-corrected chi connectivity index (χ2v) is 4.66. The van der Waals surface area contributed by atoms with Crippen LogP contribution in [0.3, 0.4) is 0 Å². The molecule has 1 aliphatic rings. The molecule has 0 spiro atoms. The van der Waals surface area contributed by atoms with E-state index in [1.54, 1.807) is 7.11 Å². The van der Waals surface area contributed by atoms with Crippen molar-refractivity contribution in [1.82, 2.24) is 9.97 Å². The van der Waals surface area contributed by atoms with E-state index in [4.69, 9.17) is 21.1 Å². The van der Waals surface area contributed by atoms with Crippen molar-refractivity contribution in [3.63, 3.8) is 0 Å². The Balaban J connectivity index is 1.92. The lowest BCUT2D eigenvalue weighted by Gasteiger charge is -2.27. The maximum absolute atomic E-state index is 11.8. The van der Waals surface area contributed by atoms with Gasteiger partial charge in [0.2, 0.25) is 0 Å². The van der Waals surface area contributed by atoms with Crippen LogP contribution in [-0.4, -0.2) is 35.3 Å². The quantitative estimate of drug-likeness (QED) is 0.789. The van der Waals surface area contributed by atoms with Gasteiger partial charge in [0.15, 0.2) is 5.69 Å². The summed E-state index contributed by atoms with van der Waals surface area (Å²) in [6.07, 6.45) is 6.35. The Morgan fingerprint density at radius 3 is 2.78 bits per heavy atom. The summed E-state index contributed by atoms with van der Waals surface area (Å²) in [5.74, 6) is -0.457. The van der Waals surface area contributed by atoms with E-state index >= 15 is 0 Å². The zero-order chi connectivity index (χ0) is 13.0. The van der Waals surface area contributed by atoms with Crippen molar-refractivity contribution < 1.29 is 14.3 Å². The third-order valence-electron chi connectivity index (χ3n) is 3.01. The van der Waals surface area contributed by atoms with Gasteiger partial charge in [0, 0.05) is 13.5 Å². The Labute approximate surface area is 110 Å². The van der Waals surface area contributed by atoms with Crippen LogP contribution >= 0.6 is 11.6 Å². The van der Waals surface area contributed by atoms with Crippen LogP contribution in [0.5, 0.6) is 0 Å². The summed E-state index contributed by atoms with van der Waals surface area (Å²) in [5, 5.41) is 0.253. The van der Waals surface area contributed by atoms with Gasteiger partial charge in [0.05, 0.1) is 18.5 Å². The number of carbonyl (C=O) groups is 1. The number of halogens is 1. The van der Waals surface area contributed by atoms with Crippen LogP contribution in [0, 0.1) is 0 Å². The first kappa shape index (κ1) is 13.2. The maximum atomic E-state index is 11.8. The second-order valence-electron chi connectivity index (χ2n) is 4.28. The number of hydrogen-bond acceptors (Lipinski definition) is 5. The molecule has 1 aliphatic carbocycles. The van der Waals surface area contributed by atoms with E-state index in [0.717, 1.165) is 25.7 Å². The first-order valence-corrected chi connectivity index (χ1v) is 6.28. The number of ether oxygens (including phenoxy) is 2. The summed E-state index contributed by atoms with van der Waals surface area (Å²) >= 11 is 5.60. The zero-order valence-corrected chi connectivity index (χ0v) is 10.9. The number of methoxy groups -OCH3 is 1. The number of hydrogen-bond donors (Lipinski definition) is 0. The molecule has 1 aromatic heterocycles. The highest BCUT2D eigenvalue weighted by atomic mass is 35.5. The van der Waals surface area contributed by atoms with Crippen molar-refractivity contribution in [3.05, 3.63) is 23.2 Å². The van der Waals surface area contributed by atoms with Crippen molar-refractivity contribution in [2.75, 3.05) is 7.11 Å². The van der Waals surface area contributed by atoms with Crippen LogP contribution in [0.2, 0.25) is 5.15 Å². The molecule has 1 aromatic rings. The molecule has 2 atom stereocenters. The lowest BCUT2D eigenvalue weighted by atomic mass is 9.95.